The molecule has 0 saturated heterocycles. The summed E-state index contributed by atoms with van der Waals surface area (Å²) in [6.45, 7) is 5.57. The zero-order chi connectivity index (χ0) is 32.0. The fourth-order valence-electron chi connectivity index (χ4n) is 5.36. The minimum atomic E-state index is -5.13. The second-order valence-electron chi connectivity index (χ2n) is 10.2. The summed E-state index contributed by atoms with van der Waals surface area (Å²) in [5.74, 6) is -4.33. The number of hydrogen-bond acceptors (Lipinski definition) is 3. The fraction of sp³-hybridized carbons (Fsp3) is 0.0789. The molecular formula is C38H30F3O3PPd. The topological polar surface area (TPSA) is 43.4 Å². The van der Waals surface area contributed by atoms with Gasteiger partial charge in [-0.1, -0.05) is 96.4 Å². The van der Waals surface area contributed by atoms with Crippen molar-refractivity contribution in [1.82, 2.24) is 0 Å². The molecule has 0 bridgehead atoms. The smallest absolute Gasteiger partial charge is 0.460 e. The monoisotopic (exact) mass is 728 g/mol. The van der Waals surface area contributed by atoms with Crippen molar-refractivity contribution >= 4 is 57.1 Å². The normalized spacial score (nSPS) is 11.0. The van der Waals surface area contributed by atoms with E-state index in [9.17, 15) is 22.8 Å². The van der Waals surface area contributed by atoms with E-state index in [0.717, 1.165) is 5.56 Å². The summed E-state index contributed by atoms with van der Waals surface area (Å²) in [7, 11) is -1.26. The van der Waals surface area contributed by atoms with E-state index >= 15 is 0 Å². The Labute approximate surface area is 280 Å². The maximum atomic E-state index is 11.4. The van der Waals surface area contributed by atoms with E-state index in [-0.39, 0.29) is 27.0 Å². The van der Waals surface area contributed by atoms with Crippen molar-refractivity contribution in [3.8, 4) is 11.1 Å². The third-order valence-electron chi connectivity index (χ3n) is 7.31. The Bertz CT molecular complexity index is 1920. The number of esters is 1. The Hall–Kier alpha value is -4.27. The number of hydrogen-bond donors (Lipinski definition) is 0. The Kier molecular flexibility index (Phi) is 11.5. The first-order chi connectivity index (χ1) is 21.7. The van der Waals surface area contributed by atoms with Crippen LogP contribution in [0.15, 0.2) is 133 Å². The molecule has 0 unspecified atom stereocenters. The van der Waals surface area contributed by atoms with E-state index in [1.807, 2.05) is 0 Å². The summed E-state index contributed by atoms with van der Waals surface area (Å²) in [4.78, 5) is 20.1. The molecule has 8 heteroatoms. The van der Waals surface area contributed by atoms with Crippen LogP contribution in [0, 0.1) is 6.92 Å². The molecule has 236 valence electrons. The van der Waals surface area contributed by atoms with E-state index in [4.69, 9.17) is 0 Å². The van der Waals surface area contributed by atoms with E-state index in [0.29, 0.717) is 0 Å². The number of halogens is 3. The second kappa shape index (κ2) is 15.3. The molecule has 46 heavy (non-hydrogen) atoms. The fourth-order valence-corrected chi connectivity index (χ4v) is 8.13. The van der Waals surface area contributed by atoms with Gasteiger partial charge in [-0.2, -0.15) is 31.7 Å². The van der Waals surface area contributed by atoms with Crippen LogP contribution >= 0.6 is 7.92 Å². The molecule has 0 radical (unpaired) electrons. The number of fused-ring (bicyclic) bond motifs is 2. The standard InChI is InChI=1S/C33H24P.C5H5F3O3.Pd/c1-24-20-21-25-12-8-10-18-29(25)32(24)33-30-19-11-9-13-26(30)22-23-31(33)34(27-14-4-2-5-15-27)28-16-6-3-7-17-28;1-2-11-4(10)3(9)5(6,7)8;/h2-23H,1H2;2H2,1H3;/q-1;;/p+1. The van der Waals surface area contributed by atoms with Gasteiger partial charge >= 0.3 is 17.9 Å². The Morgan fingerprint density at radius 1 is 0.652 bits per heavy atom. The molecule has 0 aliphatic rings. The van der Waals surface area contributed by atoms with Gasteiger partial charge in [0.05, 0.1) is 19.8 Å². The molecule has 6 aromatic carbocycles. The molecule has 0 saturated carbocycles. The zero-order valence-corrected chi connectivity index (χ0v) is 27.3. The Morgan fingerprint density at radius 3 is 1.61 bits per heavy atom. The third kappa shape index (κ3) is 7.57. The minimum Gasteiger partial charge on any atom is -0.460 e. The average molecular weight is 729 g/mol. The second-order valence-corrected chi connectivity index (χ2v) is 12.6. The van der Waals surface area contributed by atoms with Gasteiger partial charge in [0, 0.05) is 20.4 Å². The van der Waals surface area contributed by atoms with Crippen LogP contribution in [-0.4, -0.2) is 24.5 Å². The molecule has 0 amide bonds. The molecule has 0 aliphatic heterocycles. The third-order valence-corrected chi connectivity index (χ3v) is 10.1. The van der Waals surface area contributed by atoms with E-state index in [2.05, 4.69) is 145 Å². The van der Waals surface area contributed by atoms with Gasteiger partial charge in [-0.25, -0.2) is 4.79 Å². The number of carbonyl (C=O) groups excluding carboxylic acids is 2. The number of ketones is 1. The van der Waals surface area contributed by atoms with Crippen molar-refractivity contribution in [2.24, 2.45) is 0 Å². The van der Waals surface area contributed by atoms with Crippen LogP contribution in [0.5, 0.6) is 0 Å². The predicted molar refractivity (Wildman–Crippen MR) is 179 cm³/mol. The number of Topliss-reactive ketones (excluding diaryl/α,β-unsaturated/α-hetero) is 1. The van der Waals surface area contributed by atoms with Crippen molar-refractivity contribution in [3.63, 3.8) is 0 Å². The number of rotatable bonds is 6. The van der Waals surface area contributed by atoms with Gasteiger partial charge in [-0.15, -0.1) is 11.6 Å². The summed E-state index contributed by atoms with van der Waals surface area (Å²) in [5, 5.41) is 9.24. The van der Waals surface area contributed by atoms with Gasteiger partial charge in [0.1, 0.15) is 10.6 Å². The van der Waals surface area contributed by atoms with Crippen molar-refractivity contribution < 1.29 is 47.9 Å². The molecular weight excluding hydrogens is 699 g/mol. The van der Waals surface area contributed by atoms with Crippen LogP contribution < -0.4 is 15.9 Å². The van der Waals surface area contributed by atoms with Crippen LogP contribution in [0.1, 0.15) is 12.5 Å². The zero-order valence-electron chi connectivity index (χ0n) is 24.8. The molecule has 0 atom stereocenters. The number of benzene rings is 6. The molecule has 0 N–H and O–H groups in total. The van der Waals surface area contributed by atoms with Crippen molar-refractivity contribution in [3.05, 3.63) is 146 Å². The van der Waals surface area contributed by atoms with Gasteiger partial charge in [0.25, 0.3) is 0 Å². The van der Waals surface area contributed by atoms with Gasteiger partial charge in [0.15, 0.2) is 0 Å². The van der Waals surface area contributed by atoms with Gasteiger partial charge in [-0.05, 0) is 59.0 Å². The number of alkyl halides is 3. The minimum absolute atomic E-state index is 0. The Balaban J connectivity index is 0.000000346. The van der Waals surface area contributed by atoms with Crippen molar-refractivity contribution in [1.29, 1.82) is 0 Å². The molecule has 0 aliphatic carbocycles. The first-order valence-corrected chi connectivity index (χ1v) is 15.8. The van der Waals surface area contributed by atoms with Gasteiger partial charge in [-0.3, -0.25) is 4.79 Å². The van der Waals surface area contributed by atoms with Crippen molar-refractivity contribution in [2.75, 3.05) is 6.61 Å². The maximum absolute atomic E-state index is 11.4. The van der Waals surface area contributed by atoms with Crippen LogP contribution in [0.2, 0.25) is 0 Å². The predicted octanol–water partition coefficient (Wildman–Crippen LogP) is 8.01. The van der Waals surface area contributed by atoms with Crippen LogP contribution in [0.3, 0.4) is 0 Å². The molecule has 0 spiro atoms. The SMILES string of the molecule is CCOC(=O)C(=O)C(F)(F)F.[CH2-]c1ccc2ccccc2c1-c1c([PH+](c2ccccc2)c2ccccc2)ccc2ccccc12.[Pd]. The summed E-state index contributed by atoms with van der Waals surface area (Å²) < 4.78 is 37.9. The number of carbonyl (C=O) groups is 2. The molecule has 6 aromatic rings. The molecule has 0 fully saturated rings. The van der Waals surface area contributed by atoms with Crippen molar-refractivity contribution in [2.45, 2.75) is 13.1 Å². The quantitative estimate of drug-likeness (QED) is 0.0574. The maximum Gasteiger partial charge on any atom is 0.461 e. The van der Waals surface area contributed by atoms with E-state index in [1.54, 1.807) is 0 Å². The average Bonchev–Trinajstić information content (AvgIpc) is 3.06. The molecule has 0 heterocycles. The summed E-state index contributed by atoms with van der Waals surface area (Å²) in [6, 6.07) is 48.5. The van der Waals surface area contributed by atoms with E-state index < -0.39 is 25.9 Å². The summed E-state index contributed by atoms with van der Waals surface area (Å²) in [5.41, 5.74) is 3.64. The van der Waals surface area contributed by atoms with Crippen LogP contribution in [0.25, 0.3) is 32.7 Å². The molecule has 0 aromatic heterocycles. The molecule has 6 rings (SSSR count). The van der Waals surface area contributed by atoms with Gasteiger partial charge in [0.2, 0.25) is 0 Å². The van der Waals surface area contributed by atoms with Crippen LogP contribution in [0.4, 0.5) is 13.2 Å². The summed E-state index contributed by atoms with van der Waals surface area (Å²) in [6.07, 6.45) is -5.13. The first kappa shape index (κ1) is 34.6. The first-order valence-electron chi connectivity index (χ1n) is 14.3. The van der Waals surface area contributed by atoms with Crippen LogP contribution in [-0.2, 0) is 34.7 Å². The number of ether oxygens (including phenoxy) is 1. The Morgan fingerprint density at radius 2 is 1.11 bits per heavy atom. The van der Waals surface area contributed by atoms with E-state index in [1.165, 1.54) is 55.5 Å². The largest absolute Gasteiger partial charge is 0.461 e. The summed E-state index contributed by atoms with van der Waals surface area (Å²) >= 11 is 0. The molecule has 3 nitrogen and oxygen atoms in total. The van der Waals surface area contributed by atoms with Gasteiger partial charge < -0.3 is 4.74 Å².